The molecule has 6 nitrogen and oxygen atoms in total. The number of thioether (sulfide) groups is 1. The number of benzene rings is 2. The first kappa shape index (κ1) is 22.5. The maximum absolute atomic E-state index is 15.5. The van der Waals surface area contributed by atoms with E-state index in [0.29, 0.717) is 19.8 Å². The average molecular weight is 456 g/mol. The molecule has 1 unspecified atom stereocenters. The van der Waals surface area contributed by atoms with E-state index in [1.807, 2.05) is 60.7 Å². The Hall–Kier alpha value is -2.68. The van der Waals surface area contributed by atoms with Crippen molar-refractivity contribution < 1.29 is 13.9 Å². The number of nitrogens with two attached hydrogens (primary N) is 1. The molecule has 2 heterocycles. The van der Waals surface area contributed by atoms with Crippen LogP contribution in [0, 0.1) is 0 Å². The van der Waals surface area contributed by atoms with Gasteiger partial charge < -0.3 is 15.2 Å². The lowest BCUT2D eigenvalue weighted by atomic mass is 10.1. The second-order valence-corrected chi connectivity index (χ2v) is 9.19. The number of hydrogen-bond donors (Lipinski definition) is 1. The lowest BCUT2D eigenvalue weighted by Crippen LogP contribution is -2.36. The number of ether oxygens (including phenoxy) is 2. The van der Waals surface area contributed by atoms with Crippen molar-refractivity contribution in [1.82, 2.24) is 9.55 Å². The van der Waals surface area contributed by atoms with Crippen LogP contribution in [-0.4, -0.2) is 38.9 Å². The first-order chi connectivity index (χ1) is 15.6. The molecule has 4 atom stereocenters. The molecule has 3 aromatic rings. The Morgan fingerprint density at radius 2 is 1.62 bits per heavy atom. The molecule has 168 valence electrons. The van der Waals surface area contributed by atoms with E-state index in [9.17, 15) is 4.79 Å². The zero-order valence-corrected chi connectivity index (χ0v) is 18.4. The molecule has 4 rings (SSSR count). The van der Waals surface area contributed by atoms with Crippen molar-refractivity contribution in [1.29, 1.82) is 0 Å². The van der Waals surface area contributed by atoms with Gasteiger partial charge in [0.25, 0.3) is 0 Å². The van der Waals surface area contributed by atoms with Crippen LogP contribution in [0.15, 0.2) is 77.7 Å². The standard InChI is InChI=1S/C24H26FN3O3S/c25-22-19(13-28-12-11-21(26)27-24(28)29)32-20(16-30-14-17-7-3-1-4-8-17)23(22)31-15-18-9-5-2-6-10-18/h1-12,19-20,22-23H,13-16H2,(H2,26,27,29)/t19?,20-,22-,23-/m1/s1. The second-order valence-electron chi connectivity index (χ2n) is 7.71. The van der Waals surface area contributed by atoms with Gasteiger partial charge in [-0.15, -0.1) is 11.8 Å². The molecule has 0 saturated carbocycles. The number of hydrogen-bond acceptors (Lipinski definition) is 6. The summed E-state index contributed by atoms with van der Waals surface area (Å²) < 4.78 is 28.8. The Balaban J connectivity index is 1.43. The van der Waals surface area contributed by atoms with E-state index in [2.05, 4.69) is 4.98 Å². The molecule has 1 fully saturated rings. The molecular weight excluding hydrogens is 429 g/mol. The van der Waals surface area contributed by atoms with Gasteiger partial charge in [0.1, 0.15) is 18.1 Å². The maximum atomic E-state index is 15.5. The summed E-state index contributed by atoms with van der Waals surface area (Å²) in [6, 6.07) is 21.1. The van der Waals surface area contributed by atoms with Crippen molar-refractivity contribution in [2.75, 3.05) is 12.3 Å². The molecule has 0 amide bonds. The minimum absolute atomic E-state index is 0.151. The first-order valence-corrected chi connectivity index (χ1v) is 11.4. The highest BCUT2D eigenvalue weighted by Gasteiger charge is 2.45. The van der Waals surface area contributed by atoms with Crippen molar-refractivity contribution in [2.45, 2.75) is 42.5 Å². The van der Waals surface area contributed by atoms with Gasteiger partial charge in [0, 0.05) is 12.7 Å². The van der Waals surface area contributed by atoms with Crippen LogP contribution in [0.1, 0.15) is 11.1 Å². The maximum Gasteiger partial charge on any atom is 0.349 e. The highest BCUT2D eigenvalue weighted by atomic mass is 32.2. The second kappa shape index (κ2) is 10.8. The Morgan fingerprint density at radius 1 is 0.969 bits per heavy atom. The van der Waals surface area contributed by atoms with Crippen LogP contribution in [0.2, 0.25) is 0 Å². The van der Waals surface area contributed by atoms with Crippen LogP contribution in [0.3, 0.4) is 0 Å². The molecule has 8 heteroatoms. The fraction of sp³-hybridized carbons (Fsp3) is 0.333. The number of halogens is 1. The van der Waals surface area contributed by atoms with Crippen LogP contribution in [0.25, 0.3) is 0 Å². The quantitative estimate of drug-likeness (QED) is 0.532. The van der Waals surface area contributed by atoms with Gasteiger partial charge in [-0.1, -0.05) is 60.7 Å². The van der Waals surface area contributed by atoms with E-state index in [0.717, 1.165) is 11.1 Å². The van der Waals surface area contributed by atoms with Crippen LogP contribution >= 0.6 is 11.8 Å². The number of alkyl halides is 1. The van der Waals surface area contributed by atoms with E-state index in [1.165, 1.54) is 22.4 Å². The summed E-state index contributed by atoms with van der Waals surface area (Å²) >= 11 is 1.46. The average Bonchev–Trinajstić information content (AvgIpc) is 3.10. The molecule has 1 saturated heterocycles. The monoisotopic (exact) mass is 455 g/mol. The normalized spacial score (nSPS) is 22.8. The molecule has 0 radical (unpaired) electrons. The Labute approximate surface area is 190 Å². The smallest absolute Gasteiger partial charge is 0.349 e. The summed E-state index contributed by atoms with van der Waals surface area (Å²) in [6.45, 7) is 1.31. The number of aromatic nitrogens is 2. The summed E-state index contributed by atoms with van der Waals surface area (Å²) in [5, 5.41) is -0.649. The van der Waals surface area contributed by atoms with Gasteiger partial charge >= 0.3 is 5.69 Å². The first-order valence-electron chi connectivity index (χ1n) is 10.5. The van der Waals surface area contributed by atoms with Gasteiger partial charge in [0.05, 0.1) is 30.3 Å². The molecule has 2 aromatic carbocycles. The Kier molecular flexibility index (Phi) is 7.57. The van der Waals surface area contributed by atoms with Gasteiger partial charge in [-0.3, -0.25) is 4.57 Å². The van der Waals surface area contributed by atoms with Crippen molar-refractivity contribution in [3.63, 3.8) is 0 Å². The fourth-order valence-corrected chi connectivity index (χ4v) is 5.24. The van der Waals surface area contributed by atoms with E-state index in [4.69, 9.17) is 15.2 Å². The number of rotatable bonds is 9. The van der Waals surface area contributed by atoms with Crippen molar-refractivity contribution in [3.05, 3.63) is 94.5 Å². The molecule has 0 spiro atoms. The van der Waals surface area contributed by atoms with Crippen molar-refractivity contribution in [2.24, 2.45) is 0 Å². The fourth-order valence-electron chi connectivity index (χ4n) is 3.68. The van der Waals surface area contributed by atoms with E-state index < -0.39 is 23.2 Å². The van der Waals surface area contributed by atoms with E-state index in [1.54, 1.807) is 6.20 Å². The van der Waals surface area contributed by atoms with E-state index >= 15 is 4.39 Å². The van der Waals surface area contributed by atoms with Crippen LogP contribution in [0.5, 0.6) is 0 Å². The zero-order valence-electron chi connectivity index (χ0n) is 17.5. The van der Waals surface area contributed by atoms with Gasteiger partial charge in [0.2, 0.25) is 0 Å². The van der Waals surface area contributed by atoms with Gasteiger partial charge in [-0.25, -0.2) is 9.18 Å². The predicted molar refractivity (Wildman–Crippen MR) is 124 cm³/mol. The predicted octanol–water partition coefficient (Wildman–Crippen LogP) is 3.45. The Bertz CT molecular complexity index is 1050. The van der Waals surface area contributed by atoms with Crippen molar-refractivity contribution >= 4 is 17.6 Å². The summed E-state index contributed by atoms with van der Waals surface area (Å²) in [5.41, 5.74) is 7.12. The topological polar surface area (TPSA) is 79.4 Å². The number of anilines is 1. The van der Waals surface area contributed by atoms with Crippen LogP contribution in [0.4, 0.5) is 10.2 Å². The van der Waals surface area contributed by atoms with E-state index in [-0.39, 0.29) is 17.6 Å². The van der Waals surface area contributed by atoms with Crippen LogP contribution < -0.4 is 11.4 Å². The summed E-state index contributed by atoms with van der Waals surface area (Å²) in [5.74, 6) is 0.151. The summed E-state index contributed by atoms with van der Waals surface area (Å²) in [4.78, 5) is 15.9. The highest BCUT2D eigenvalue weighted by molar-refractivity contribution is 8.00. The third-order valence-corrected chi connectivity index (χ3v) is 6.85. The van der Waals surface area contributed by atoms with Gasteiger partial charge in [-0.05, 0) is 17.2 Å². The number of nitrogens with zero attached hydrogens (tertiary/aromatic N) is 2. The molecule has 2 N–H and O–H groups in total. The lowest BCUT2D eigenvalue weighted by Gasteiger charge is -2.21. The highest BCUT2D eigenvalue weighted by Crippen LogP contribution is 2.39. The van der Waals surface area contributed by atoms with Gasteiger partial charge in [-0.2, -0.15) is 4.98 Å². The largest absolute Gasteiger partial charge is 0.383 e. The molecule has 1 aliphatic heterocycles. The third kappa shape index (κ3) is 5.76. The van der Waals surface area contributed by atoms with Crippen LogP contribution in [-0.2, 0) is 29.2 Å². The van der Waals surface area contributed by atoms with Gasteiger partial charge in [0.15, 0.2) is 0 Å². The van der Waals surface area contributed by atoms with Crippen molar-refractivity contribution in [3.8, 4) is 0 Å². The third-order valence-electron chi connectivity index (χ3n) is 5.34. The molecule has 32 heavy (non-hydrogen) atoms. The SMILES string of the molecule is Nc1ccn(CC2S[C@H](COCc3ccccc3)[C@@H](OCc3ccccc3)[C@@H]2F)c(=O)n1. The molecular formula is C24H26FN3O3S. The number of nitrogen functional groups attached to an aromatic ring is 1. The molecule has 0 bridgehead atoms. The zero-order chi connectivity index (χ0) is 22.3. The molecule has 1 aliphatic rings. The summed E-state index contributed by atoms with van der Waals surface area (Å²) in [6.07, 6.45) is -0.339. The summed E-state index contributed by atoms with van der Waals surface area (Å²) in [7, 11) is 0. The molecule has 1 aromatic heterocycles. The molecule has 0 aliphatic carbocycles. The minimum atomic E-state index is -1.25. The Morgan fingerprint density at radius 3 is 2.28 bits per heavy atom. The lowest BCUT2D eigenvalue weighted by molar-refractivity contribution is -0.0227. The minimum Gasteiger partial charge on any atom is -0.383 e.